The van der Waals surface area contributed by atoms with Gasteiger partial charge in [-0.1, -0.05) is 6.92 Å². The molecule has 1 unspecified atom stereocenters. The van der Waals surface area contributed by atoms with Crippen LogP contribution in [0, 0.1) is 0 Å². The number of ether oxygens (including phenoxy) is 2. The first-order valence-electron chi connectivity index (χ1n) is 4.69. The zero-order valence-electron chi connectivity index (χ0n) is 8.08. The molecule has 12 heavy (non-hydrogen) atoms. The van der Waals surface area contributed by atoms with E-state index in [1.165, 1.54) is 0 Å². The third-order valence-corrected chi connectivity index (χ3v) is 2.35. The van der Waals surface area contributed by atoms with Gasteiger partial charge in [0.25, 0.3) is 0 Å². The van der Waals surface area contributed by atoms with Gasteiger partial charge in [0.1, 0.15) is 0 Å². The van der Waals surface area contributed by atoms with Crippen molar-refractivity contribution in [3.8, 4) is 0 Å². The molecule has 1 heterocycles. The van der Waals surface area contributed by atoms with Gasteiger partial charge in [0.05, 0.1) is 19.3 Å². The fourth-order valence-corrected chi connectivity index (χ4v) is 1.44. The Bertz CT molecular complexity index is 109. The maximum absolute atomic E-state index is 5.32. The number of methoxy groups -OCH3 is 1. The summed E-state index contributed by atoms with van der Waals surface area (Å²) in [7, 11) is 1.79. The second kappa shape index (κ2) is 5.51. The second-order valence-corrected chi connectivity index (χ2v) is 3.18. The average Bonchev–Trinajstić information content (AvgIpc) is 2.16. The number of hydrogen-bond acceptors (Lipinski definition) is 3. The van der Waals surface area contributed by atoms with E-state index in [9.17, 15) is 0 Å². The van der Waals surface area contributed by atoms with Crippen LogP contribution in [-0.4, -0.2) is 51.0 Å². The van der Waals surface area contributed by atoms with Crippen LogP contribution in [-0.2, 0) is 9.47 Å². The molecule has 1 atom stereocenters. The average molecular weight is 173 g/mol. The van der Waals surface area contributed by atoms with Crippen LogP contribution >= 0.6 is 0 Å². The van der Waals surface area contributed by atoms with Crippen molar-refractivity contribution in [3.05, 3.63) is 0 Å². The van der Waals surface area contributed by atoms with E-state index in [0.717, 1.165) is 39.3 Å². The molecule has 0 N–H and O–H groups in total. The van der Waals surface area contributed by atoms with Gasteiger partial charge in [0, 0.05) is 26.7 Å². The van der Waals surface area contributed by atoms with Gasteiger partial charge in [-0.05, 0) is 6.42 Å². The molecule has 72 valence electrons. The monoisotopic (exact) mass is 173 g/mol. The lowest BCUT2D eigenvalue weighted by Crippen LogP contribution is -2.41. The molecule has 1 aliphatic rings. The zero-order chi connectivity index (χ0) is 8.81. The van der Waals surface area contributed by atoms with Gasteiger partial charge in [-0.25, -0.2) is 0 Å². The number of morpholine rings is 1. The van der Waals surface area contributed by atoms with E-state index in [-0.39, 0.29) is 0 Å². The minimum Gasteiger partial charge on any atom is -0.380 e. The smallest absolute Gasteiger partial charge is 0.0695 e. The predicted octanol–water partition coefficient (Wildman–Crippen LogP) is 0.744. The van der Waals surface area contributed by atoms with Crippen molar-refractivity contribution in [3.63, 3.8) is 0 Å². The van der Waals surface area contributed by atoms with Gasteiger partial charge in [-0.2, -0.15) is 0 Å². The van der Waals surface area contributed by atoms with Crippen LogP contribution < -0.4 is 0 Å². The third-order valence-electron chi connectivity index (χ3n) is 2.35. The van der Waals surface area contributed by atoms with E-state index in [0.29, 0.717) is 6.10 Å². The van der Waals surface area contributed by atoms with Crippen LogP contribution in [0.25, 0.3) is 0 Å². The quantitative estimate of drug-likeness (QED) is 0.626. The van der Waals surface area contributed by atoms with E-state index in [1.807, 2.05) is 0 Å². The fraction of sp³-hybridized carbons (Fsp3) is 1.00. The topological polar surface area (TPSA) is 21.7 Å². The largest absolute Gasteiger partial charge is 0.380 e. The van der Waals surface area contributed by atoms with Gasteiger partial charge in [0.15, 0.2) is 0 Å². The van der Waals surface area contributed by atoms with Crippen molar-refractivity contribution in [2.24, 2.45) is 0 Å². The summed E-state index contributed by atoms with van der Waals surface area (Å²) in [4.78, 5) is 2.40. The lowest BCUT2D eigenvalue weighted by atomic mass is 10.2. The molecule has 0 aromatic rings. The highest BCUT2D eigenvalue weighted by atomic mass is 16.5. The van der Waals surface area contributed by atoms with E-state index < -0.39 is 0 Å². The Morgan fingerprint density at radius 1 is 1.42 bits per heavy atom. The molecule has 1 rings (SSSR count). The lowest BCUT2D eigenvalue weighted by Gasteiger charge is -2.29. The summed E-state index contributed by atoms with van der Waals surface area (Å²) in [6.07, 6.45) is 1.48. The van der Waals surface area contributed by atoms with E-state index in [4.69, 9.17) is 9.47 Å². The van der Waals surface area contributed by atoms with Gasteiger partial charge in [0.2, 0.25) is 0 Å². The van der Waals surface area contributed by atoms with Crippen molar-refractivity contribution in [1.29, 1.82) is 0 Å². The van der Waals surface area contributed by atoms with Crippen LogP contribution in [0.15, 0.2) is 0 Å². The van der Waals surface area contributed by atoms with E-state index >= 15 is 0 Å². The summed E-state index contributed by atoms with van der Waals surface area (Å²) in [6.45, 7) is 7.07. The second-order valence-electron chi connectivity index (χ2n) is 3.18. The molecule has 1 aliphatic heterocycles. The molecular weight excluding hydrogens is 154 g/mol. The summed E-state index contributed by atoms with van der Waals surface area (Å²) in [6, 6.07) is 0. The molecule has 0 aromatic carbocycles. The molecule has 3 nitrogen and oxygen atoms in total. The molecule has 0 saturated carbocycles. The zero-order valence-corrected chi connectivity index (χ0v) is 8.08. The minimum absolute atomic E-state index is 0.392. The Hall–Kier alpha value is -0.120. The molecule has 3 heteroatoms. The maximum Gasteiger partial charge on any atom is 0.0695 e. The van der Waals surface area contributed by atoms with Crippen LogP contribution in [0.4, 0.5) is 0 Å². The first kappa shape index (κ1) is 9.96. The van der Waals surface area contributed by atoms with E-state index in [1.54, 1.807) is 7.11 Å². The number of hydrogen-bond donors (Lipinski definition) is 0. The van der Waals surface area contributed by atoms with Crippen molar-refractivity contribution in [2.75, 3.05) is 40.0 Å². The Kier molecular flexibility index (Phi) is 4.58. The Balaban J connectivity index is 2.18. The van der Waals surface area contributed by atoms with Crippen molar-refractivity contribution >= 4 is 0 Å². The summed E-state index contributed by atoms with van der Waals surface area (Å²) in [5.74, 6) is 0. The molecular formula is C9H19NO2. The third kappa shape index (κ3) is 3.09. The predicted molar refractivity (Wildman–Crippen MR) is 48.3 cm³/mol. The molecule has 0 aromatic heterocycles. The molecule has 1 fully saturated rings. The molecule has 1 saturated heterocycles. The fourth-order valence-electron chi connectivity index (χ4n) is 1.44. The molecule has 0 amide bonds. The number of rotatable bonds is 4. The van der Waals surface area contributed by atoms with Crippen LogP contribution in [0.5, 0.6) is 0 Å². The lowest BCUT2D eigenvalue weighted by molar-refractivity contribution is 0.00201. The molecule has 0 radical (unpaired) electrons. The van der Waals surface area contributed by atoms with Gasteiger partial charge in [-0.3, -0.25) is 4.90 Å². The maximum atomic E-state index is 5.32. The highest BCUT2D eigenvalue weighted by Gasteiger charge is 2.14. The standard InChI is InChI=1S/C9H19NO2/c1-3-9(11-2)8-10-4-6-12-7-5-10/h9H,3-8H2,1-2H3. The first-order chi connectivity index (χ1) is 5.86. The Morgan fingerprint density at radius 3 is 2.58 bits per heavy atom. The normalized spacial score (nSPS) is 22.5. The van der Waals surface area contributed by atoms with Crippen LogP contribution in [0.3, 0.4) is 0 Å². The Morgan fingerprint density at radius 2 is 2.08 bits per heavy atom. The van der Waals surface area contributed by atoms with Crippen LogP contribution in [0.1, 0.15) is 13.3 Å². The summed E-state index contributed by atoms with van der Waals surface area (Å²) >= 11 is 0. The first-order valence-corrected chi connectivity index (χ1v) is 4.69. The SMILES string of the molecule is CCC(CN1CCOCC1)OC. The van der Waals surface area contributed by atoms with Crippen molar-refractivity contribution in [2.45, 2.75) is 19.4 Å². The van der Waals surface area contributed by atoms with E-state index in [2.05, 4.69) is 11.8 Å². The summed E-state index contributed by atoms with van der Waals surface area (Å²) < 4.78 is 10.6. The van der Waals surface area contributed by atoms with Gasteiger partial charge < -0.3 is 9.47 Å². The molecule has 0 aliphatic carbocycles. The highest BCUT2D eigenvalue weighted by Crippen LogP contribution is 2.03. The molecule has 0 bridgehead atoms. The summed E-state index contributed by atoms with van der Waals surface area (Å²) in [5, 5.41) is 0. The van der Waals surface area contributed by atoms with Gasteiger partial charge in [-0.15, -0.1) is 0 Å². The highest BCUT2D eigenvalue weighted by molar-refractivity contribution is 4.66. The van der Waals surface area contributed by atoms with Crippen molar-refractivity contribution < 1.29 is 9.47 Å². The van der Waals surface area contributed by atoms with Crippen LogP contribution in [0.2, 0.25) is 0 Å². The molecule has 0 spiro atoms. The summed E-state index contributed by atoms with van der Waals surface area (Å²) in [5.41, 5.74) is 0. The van der Waals surface area contributed by atoms with Crippen molar-refractivity contribution in [1.82, 2.24) is 4.90 Å². The number of nitrogens with zero attached hydrogens (tertiary/aromatic N) is 1. The van der Waals surface area contributed by atoms with Gasteiger partial charge >= 0.3 is 0 Å². The minimum atomic E-state index is 0.392. The Labute approximate surface area is 74.6 Å².